The van der Waals surface area contributed by atoms with Crippen LogP contribution in [0.15, 0.2) is 23.0 Å². The number of nitrogens with one attached hydrogen (secondary N) is 3. The molecular formula is C22H26ClN5O3. The van der Waals surface area contributed by atoms with E-state index in [0.29, 0.717) is 28.5 Å². The fourth-order valence-corrected chi connectivity index (χ4v) is 4.69. The number of nitrogens with zero attached hydrogens (tertiary/aromatic N) is 2. The van der Waals surface area contributed by atoms with Crippen LogP contribution in [0.3, 0.4) is 0 Å². The Bertz CT molecular complexity index is 1090. The zero-order valence-electron chi connectivity index (χ0n) is 17.8. The first kappa shape index (κ1) is 21.4. The Kier molecular flexibility index (Phi) is 5.75. The molecule has 2 aliphatic rings. The van der Waals surface area contributed by atoms with Gasteiger partial charge in [-0.15, -0.1) is 0 Å². The Balaban J connectivity index is 1.66. The van der Waals surface area contributed by atoms with Gasteiger partial charge in [-0.2, -0.15) is 4.98 Å². The number of aryl methyl sites for hydroxylation is 1. The van der Waals surface area contributed by atoms with E-state index in [0.717, 1.165) is 25.1 Å². The number of H-pyrrole nitrogens is 1. The van der Waals surface area contributed by atoms with E-state index in [9.17, 15) is 14.4 Å². The molecule has 8 nitrogen and oxygen atoms in total. The molecule has 0 spiro atoms. The highest BCUT2D eigenvalue weighted by Crippen LogP contribution is 2.32. The van der Waals surface area contributed by atoms with E-state index in [1.807, 2.05) is 11.8 Å². The Hall–Kier alpha value is -2.87. The average molecular weight is 444 g/mol. The van der Waals surface area contributed by atoms with Gasteiger partial charge in [-0.25, -0.2) is 0 Å². The van der Waals surface area contributed by atoms with Gasteiger partial charge in [0.05, 0.1) is 11.5 Å². The molecule has 164 valence electrons. The first-order chi connectivity index (χ1) is 14.7. The average Bonchev–Trinajstić information content (AvgIpc) is 2.69. The molecule has 4 rings (SSSR count). The minimum Gasteiger partial charge on any atom is -0.342 e. The molecule has 0 saturated carbocycles. The van der Waals surface area contributed by atoms with Crippen molar-refractivity contribution in [2.24, 2.45) is 11.8 Å². The van der Waals surface area contributed by atoms with Crippen LogP contribution >= 0.6 is 11.6 Å². The normalized spacial score (nSPS) is 23.2. The van der Waals surface area contributed by atoms with Crippen molar-refractivity contribution in [1.82, 2.24) is 9.97 Å². The molecule has 3 unspecified atom stereocenters. The van der Waals surface area contributed by atoms with E-state index < -0.39 is 17.4 Å². The van der Waals surface area contributed by atoms with Gasteiger partial charge < -0.3 is 15.5 Å². The fraction of sp³-hybridized carbons (Fsp3) is 0.455. The largest absolute Gasteiger partial charge is 0.342 e. The number of hydrogen-bond acceptors (Lipinski definition) is 5. The summed E-state index contributed by atoms with van der Waals surface area (Å²) in [6.45, 7) is 7.73. The lowest BCUT2D eigenvalue weighted by molar-refractivity contribution is -0.123. The summed E-state index contributed by atoms with van der Waals surface area (Å²) in [4.78, 5) is 47.8. The van der Waals surface area contributed by atoms with Gasteiger partial charge in [-0.05, 0) is 42.9 Å². The predicted octanol–water partition coefficient (Wildman–Crippen LogP) is 3.28. The minimum atomic E-state index is -0.938. The number of benzene rings is 1. The van der Waals surface area contributed by atoms with Crippen molar-refractivity contribution in [3.63, 3.8) is 0 Å². The molecule has 3 atom stereocenters. The van der Waals surface area contributed by atoms with E-state index >= 15 is 0 Å². The van der Waals surface area contributed by atoms with Crippen molar-refractivity contribution in [2.75, 3.05) is 28.6 Å². The molecule has 1 fully saturated rings. The van der Waals surface area contributed by atoms with Gasteiger partial charge in [0.25, 0.3) is 5.56 Å². The van der Waals surface area contributed by atoms with Crippen LogP contribution in [0, 0.1) is 18.8 Å². The molecule has 0 radical (unpaired) electrons. The van der Waals surface area contributed by atoms with Crippen LogP contribution in [0.25, 0.3) is 0 Å². The Morgan fingerprint density at radius 3 is 2.65 bits per heavy atom. The fourth-order valence-electron chi connectivity index (χ4n) is 4.52. The summed E-state index contributed by atoms with van der Waals surface area (Å²) >= 11 is 6.04. The van der Waals surface area contributed by atoms with Crippen molar-refractivity contribution in [3.8, 4) is 0 Å². The zero-order valence-corrected chi connectivity index (χ0v) is 18.5. The van der Waals surface area contributed by atoms with Crippen LogP contribution in [-0.4, -0.2) is 34.9 Å². The molecule has 3 N–H and O–H groups in total. The van der Waals surface area contributed by atoms with Crippen molar-refractivity contribution in [2.45, 2.75) is 39.5 Å². The van der Waals surface area contributed by atoms with Crippen LogP contribution in [-0.2, 0) is 9.59 Å². The molecule has 1 saturated heterocycles. The van der Waals surface area contributed by atoms with Gasteiger partial charge in [-0.3, -0.25) is 19.4 Å². The molecular weight excluding hydrogens is 418 g/mol. The highest BCUT2D eigenvalue weighted by molar-refractivity contribution is 6.31. The number of halogens is 1. The summed E-state index contributed by atoms with van der Waals surface area (Å²) < 4.78 is 0. The number of hydrogen-bond donors (Lipinski definition) is 3. The first-order valence-corrected chi connectivity index (χ1v) is 10.8. The van der Waals surface area contributed by atoms with Crippen LogP contribution in [0.1, 0.15) is 43.7 Å². The number of rotatable bonds is 3. The van der Waals surface area contributed by atoms with Crippen LogP contribution in [0.2, 0.25) is 5.02 Å². The van der Waals surface area contributed by atoms with Crippen molar-refractivity contribution in [1.29, 1.82) is 0 Å². The summed E-state index contributed by atoms with van der Waals surface area (Å²) in [5.74, 6) is -0.204. The maximum atomic E-state index is 13.0. The standard InChI is InChI=1S/C22H26ClN5O3/c1-11-6-12(2)10-28(9-11)22-26-19-18(21(31)27-22)15(8-17(29)25-19)20(30)24-16-7-14(23)5-4-13(16)3/h4-5,7,11-12,15H,6,8-10H2,1-3H3,(H,24,30)(H2,25,26,27,29,31). The second kappa shape index (κ2) is 8.34. The molecule has 3 heterocycles. The van der Waals surface area contributed by atoms with E-state index in [-0.39, 0.29) is 23.7 Å². The lowest BCUT2D eigenvalue weighted by Gasteiger charge is -2.35. The lowest BCUT2D eigenvalue weighted by Crippen LogP contribution is -2.42. The summed E-state index contributed by atoms with van der Waals surface area (Å²) in [7, 11) is 0. The highest BCUT2D eigenvalue weighted by Gasteiger charge is 2.35. The van der Waals surface area contributed by atoms with E-state index in [1.54, 1.807) is 18.2 Å². The molecule has 31 heavy (non-hydrogen) atoms. The molecule has 1 aromatic heterocycles. The van der Waals surface area contributed by atoms with Gasteiger partial charge >= 0.3 is 0 Å². The van der Waals surface area contributed by atoms with E-state index in [1.165, 1.54) is 0 Å². The number of aromatic nitrogens is 2. The molecule has 2 aliphatic heterocycles. The third-order valence-electron chi connectivity index (χ3n) is 5.88. The second-order valence-electron chi connectivity index (χ2n) is 8.76. The Labute approximate surface area is 185 Å². The molecule has 9 heteroatoms. The van der Waals surface area contributed by atoms with Crippen LogP contribution in [0.4, 0.5) is 17.5 Å². The summed E-state index contributed by atoms with van der Waals surface area (Å²) in [6, 6.07) is 5.16. The summed E-state index contributed by atoms with van der Waals surface area (Å²) in [5, 5.41) is 5.96. The number of aromatic amines is 1. The van der Waals surface area contributed by atoms with E-state index in [2.05, 4.69) is 34.4 Å². The van der Waals surface area contributed by atoms with Gasteiger partial charge in [0.2, 0.25) is 17.8 Å². The maximum Gasteiger partial charge on any atom is 0.258 e. The SMILES string of the molecule is Cc1ccc(Cl)cc1NC(=O)C1CC(=O)Nc2nc(N3CC(C)CC(C)C3)[nH]c(=O)c21. The molecule has 0 aliphatic carbocycles. The Morgan fingerprint density at radius 1 is 1.23 bits per heavy atom. The van der Waals surface area contributed by atoms with E-state index in [4.69, 9.17) is 11.6 Å². The third kappa shape index (κ3) is 4.44. The first-order valence-electron chi connectivity index (χ1n) is 10.5. The number of amides is 2. The molecule has 1 aromatic carbocycles. The number of piperidine rings is 1. The van der Waals surface area contributed by atoms with Gasteiger partial charge in [0.1, 0.15) is 5.82 Å². The van der Waals surface area contributed by atoms with Crippen LogP contribution in [0.5, 0.6) is 0 Å². The van der Waals surface area contributed by atoms with Gasteiger partial charge in [-0.1, -0.05) is 31.5 Å². The molecule has 2 amide bonds. The van der Waals surface area contributed by atoms with Crippen molar-refractivity contribution >= 4 is 40.9 Å². The highest BCUT2D eigenvalue weighted by atomic mass is 35.5. The summed E-state index contributed by atoms with van der Waals surface area (Å²) in [5.41, 5.74) is 1.14. The predicted molar refractivity (Wildman–Crippen MR) is 121 cm³/mol. The number of anilines is 3. The van der Waals surface area contributed by atoms with Crippen molar-refractivity contribution in [3.05, 3.63) is 44.7 Å². The third-order valence-corrected chi connectivity index (χ3v) is 6.12. The van der Waals surface area contributed by atoms with Crippen LogP contribution < -0.4 is 21.1 Å². The number of carbonyl (C=O) groups excluding carboxylic acids is 2. The topological polar surface area (TPSA) is 107 Å². The van der Waals surface area contributed by atoms with Gasteiger partial charge in [0, 0.05) is 30.2 Å². The maximum absolute atomic E-state index is 13.0. The molecule has 0 bridgehead atoms. The quantitative estimate of drug-likeness (QED) is 0.674. The van der Waals surface area contributed by atoms with Crippen molar-refractivity contribution < 1.29 is 9.59 Å². The minimum absolute atomic E-state index is 0.125. The smallest absolute Gasteiger partial charge is 0.258 e. The second-order valence-corrected chi connectivity index (χ2v) is 9.19. The molecule has 2 aromatic rings. The summed E-state index contributed by atoms with van der Waals surface area (Å²) in [6.07, 6.45) is 0.994. The zero-order chi connectivity index (χ0) is 22.3. The number of fused-ring (bicyclic) bond motifs is 1. The Morgan fingerprint density at radius 2 is 1.94 bits per heavy atom. The lowest BCUT2D eigenvalue weighted by atomic mass is 9.91. The number of carbonyl (C=O) groups is 2. The van der Waals surface area contributed by atoms with Gasteiger partial charge in [0.15, 0.2) is 0 Å². The monoisotopic (exact) mass is 443 g/mol.